The van der Waals surface area contributed by atoms with Crippen molar-refractivity contribution in [3.05, 3.63) is 46.3 Å². The van der Waals surface area contributed by atoms with E-state index >= 15 is 0 Å². The molecule has 0 amide bonds. The SMILES string of the molecule is Cc1c2c(-c3noc(C4CC4C)n3)ncn2c2cccc(Cl)c2[n+]1[O-]. The van der Waals surface area contributed by atoms with Crippen LogP contribution in [0, 0.1) is 18.0 Å². The fourth-order valence-corrected chi connectivity index (χ4v) is 3.60. The molecule has 1 aromatic carbocycles. The lowest BCUT2D eigenvalue weighted by molar-refractivity contribution is -0.583. The maximum atomic E-state index is 12.7. The Hall–Kier alpha value is -2.67. The van der Waals surface area contributed by atoms with Gasteiger partial charge in [0.1, 0.15) is 28.1 Å². The summed E-state index contributed by atoms with van der Waals surface area (Å²) in [5.41, 5.74) is 2.77. The van der Waals surface area contributed by atoms with E-state index in [4.69, 9.17) is 16.1 Å². The molecule has 25 heavy (non-hydrogen) atoms. The Kier molecular flexibility index (Phi) is 2.88. The number of para-hydroxylation sites is 1. The van der Waals surface area contributed by atoms with Crippen molar-refractivity contribution in [2.75, 3.05) is 0 Å². The summed E-state index contributed by atoms with van der Waals surface area (Å²) in [6.45, 7) is 3.89. The number of rotatable bonds is 2. The van der Waals surface area contributed by atoms with Crippen molar-refractivity contribution in [1.29, 1.82) is 0 Å². The van der Waals surface area contributed by atoms with Crippen molar-refractivity contribution >= 4 is 28.2 Å². The number of nitrogens with zero attached hydrogens (tertiary/aromatic N) is 5. The van der Waals surface area contributed by atoms with Crippen molar-refractivity contribution in [2.45, 2.75) is 26.2 Å². The predicted octanol–water partition coefficient (Wildman–Crippen LogP) is 3.26. The third kappa shape index (κ3) is 1.99. The van der Waals surface area contributed by atoms with Crippen LogP contribution in [-0.2, 0) is 0 Å². The summed E-state index contributed by atoms with van der Waals surface area (Å²) in [4.78, 5) is 8.93. The number of aromatic nitrogens is 5. The van der Waals surface area contributed by atoms with Crippen molar-refractivity contribution in [2.24, 2.45) is 5.92 Å². The Labute approximate surface area is 147 Å². The van der Waals surface area contributed by atoms with Gasteiger partial charge in [0.15, 0.2) is 0 Å². The summed E-state index contributed by atoms with van der Waals surface area (Å²) < 4.78 is 8.07. The maximum absolute atomic E-state index is 12.7. The molecule has 3 aromatic heterocycles. The van der Waals surface area contributed by atoms with Gasteiger partial charge in [-0.15, -0.1) is 0 Å². The summed E-state index contributed by atoms with van der Waals surface area (Å²) in [5.74, 6) is 1.95. The summed E-state index contributed by atoms with van der Waals surface area (Å²) in [7, 11) is 0. The second kappa shape index (κ2) is 4.92. The molecule has 0 aliphatic heterocycles. The zero-order chi connectivity index (χ0) is 17.3. The first-order chi connectivity index (χ1) is 12.1. The quantitative estimate of drug-likeness (QED) is 0.407. The number of aryl methyl sites for hydroxylation is 1. The molecule has 1 saturated carbocycles. The van der Waals surface area contributed by atoms with Crippen LogP contribution in [0.5, 0.6) is 0 Å². The lowest BCUT2D eigenvalue weighted by Crippen LogP contribution is -2.32. The second-order valence-corrected chi connectivity index (χ2v) is 6.98. The molecule has 1 aliphatic rings. The highest BCUT2D eigenvalue weighted by atomic mass is 35.5. The number of fused-ring (bicyclic) bond motifs is 3. The van der Waals surface area contributed by atoms with E-state index < -0.39 is 0 Å². The monoisotopic (exact) mass is 355 g/mol. The Balaban J connectivity index is 1.78. The number of benzene rings is 1. The first kappa shape index (κ1) is 14.7. The average Bonchev–Trinajstić information content (AvgIpc) is 3.03. The van der Waals surface area contributed by atoms with Crippen LogP contribution in [0.2, 0.25) is 5.02 Å². The van der Waals surface area contributed by atoms with Crippen molar-refractivity contribution in [1.82, 2.24) is 19.5 Å². The second-order valence-electron chi connectivity index (χ2n) is 6.57. The zero-order valence-electron chi connectivity index (χ0n) is 13.6. The summed E-state index contributed by atoms with van der Waals surface area (Å²) in [6.07, 6.45) is 2.72. The van der Waals surface area contributed by atoms with E-state index in [1.165, 1.54) is 0 Å². The highest BCUT2D eigenvalue weighted by molar-refractivity contribution is 6.34. The number of halogens is 1. The third-order valence-corrected chi connectivity index (χ3v) is 5.23. The van der Waals surface area contributed by atoms with Gasteiger partial charge >= 0.3 is 0 Å². The van der Waals surface area contributed by atoms with Gasteiger partial charge in [0.2, 0.25) is 17.4 Å². The average molecular weight is 356 g/mol. The number of hydrogen-bond acceptors (Lipinski definition) is 5. The molecule has 1 aliphatic carbocycles. The fraction of sp³-hybridized carbons (Fsp3) is 0.294. The lowest BCUT2D eigenvalue weighted by atomic mass is 10.2. The molecule has 8 heteroatoms. The Morgan fingerprint density at radius 2 is 2.20 bits per heavy atom. The van der Waals surface area contributed by atoms with E-state index in [9.17, 15) is 5.21 Å². The minimum atomic E-state index is 0.334. The third-order valence-electron chi connectivity index (χ3n) is 4.92. The first-order valence-electron chi connectivity index (χ1n) is 8.07. The topological polar surface area (TPSA) is 83.2 Å². The molecule has 0 N–H and O–H groups in total. The van der Waals surface area contributed by atoms with Crippen molar-refractivity contribution in [3.63, 3.8) is 0 Å². The van der Waals surface area contributed by atoms with Gasteiger partial charge in [0, 0.05) is 12.8 Å². The van der Waals surface area contributed by atoms with Gasteiger partial charge in [0.25, 0.3) is 5.52 Å². The van der Waals surface area contributed by atoms with Gasteiger partial charge in [-0.2, -0.15) is 9.71 Å². The molecule has 126 valence electrons. The summed E-state index contributed by atoms with van der Waals surface area (Å²) >= 11 is 6.22. The molecule has 0 spiro atoms. The fourth-order valence-electron chi connectivity index (χ4n) is 3.35. The van der Waals surface area contributed by atoms with Crippen LogP contribution in [0.25, 0.3) is 28.1 Å². The Bertz CT molecular complexity index is 1150. The van der Waals surface area contributed by atoms with E-state index in [-0.39, 0.29) is 0 Å². The molecule has 2 atom stereocenters. The van der Waals surface area contributed by atoms with Crippen LogP contribution >= 0.6 is 11.6 Å². The molecule has 0 saturated heterocycles. The highest BCUT2D eigenvalue weighted by Crippen LogP contribution is 2.46. The van der Waals surface area contributed by atoms with Gasteiger partial charge in [-0.1, -0.05) is 29.7 Å². The Morgan fingerprint density at radius 3 is 2.96 bits per heavy atom. The molecule has 0 radical (unpaired) electrons. The van der Waals surface area contributed by atoms with Gasteiger partial charge in [-0.25, -0.2) is 4.98 Å². The van der Waals surface area contributed by atoms with E-state index in [1.54, 1.807) is 25.4 Å². The molecule has 4 aromatic rings. The van der Waals surface area contributed by atoms with Crippen LogP contribution in [0.3, 0.4) is 0 Å². The molecule has 2 unspecified atom stereocenters. The largest absolute Gasteiger partial charge is 0.618 e. The molecule has 5 rings (SSSR count). The number of hydrogen-bond donors (Lipinski definition) is 0. The lowest BCUT2D eigenvalue weighted by Gasteiger charge is -2.09. The highest BCUT2D eigenvalue weighted by Gasteiger charge is 2.39. The van der Waals surface area contributed by atoms with Crippen LogP contribution in [0.4, 0.5) is 0 Å². The van der Waals surface area contributed by atoms with E-state index in [1.807, 2.05) is 10.5 Å². The first-order valence-corrected chi connectivity index (χ1v) is 8.45. The van der Waals surface area contributed by atoms with Gasteiger partial charge in [0.05, 0.1) is 0 Å². The zero-order valence-corrected chi connectivity index (χ0v) is 14.4. The van der Waals surface area contributed by atoms with Crippen LogP contribution in [-0.4, -0.2) is 19.5 Å². The minimum absolute atomic E-state index is 0.334. The summed E-state index contributed by atoms with van der Waals surface area (Å²) in [5, 5.41) is 17.2. The van der Waals surface area contributed by atoms with Crippen molar-refractivity contribution < 1.29 is 9.25 Å². The Morgan fingerprint density at radius 1 is 1.40 bits per heavy atom. The minimum Gasteiger partial charge on any atom is -0.618 e. The van der Waals surface area contributed by atoms with Crippen LogP contribution < -0.4 is 4.73 Å². The molecule has 3 heterocycles. The van der Waals surface area contributed by atoms with Crippen LogP contribution in [0.1, 0.15) is 30.8 Å². The van der Waals surface area contributed by atoms with E-state index in [0.29, 0.717) is 56.5 Å². The maximum Gasteiger partial charge on any atom is 0.259 e. The molecule has 7 nitrogen and oxygen atoms in total. The summed E-state index contributed by atoms with van der Waals surface area (Å²) in [6, 6.07) is 5.34. The van der Waals surface area contributed by atoms with Gasteiger partial charge < -0.3 is 9.73 Å². The van der Waals surface area contributed by atoms with Gasteiger partial charge in [-0.05, 0) is 24.5 Å². The van der Waals surface area contributed by atoms with E-state index in [2.05, 4.69) is 22.0 Å². The molecular weight excluding hydrogens is 342 g/mol. The van der Waals surface area contributed by atoms with Gasteiger partial charge in [-0.3, -0.25) is 4.40 Å². The van der Waals surface area contributed by atoms with E-state index in [0.717, 1.165) is 11.2 Å². The smallest absolute Gasteiger partial charge is 0.259 e. The number of imidazole rings is 1. The predicted molar refractivity (Wildman–Crippen MR) is 91.2 cm³/mol. The molecule has 1 fully saturated rings. The van der Waals surface area contributed by atoms with Crippen LogP contribution in [0.15, 0.2) is 29.0 Å². The standard InChI is InChI=1S/C17H14ClN5O2/c1-8-6-10(8)17-20-16(21-25-17)13-14-9(2)23(24)15-11(18)4-3-5-12(15)22(14)7-19-13/h3-5,7-8,10H,6H2,1-2H3. The molecular formula is C17H14ClN5O2. The normalized spacial score (nSPS) is 19.8. The van der Waals surface area contributed by atoms with Crippen molar-refractivity contribution in [3.8, 4) is 11.5 Å². The molecule has 0 bridgehead atoms.